The van der Waals surface area contributed by atoms with Crippen molar-refractivity contribution in [2.24, 2.45) is 5.92 Å². The van der Waals surface area contributed by atoms with E-state index in [0.717, 1.165) is 31.6 Å². The summed E-state index contributed by atoms with van der Waals surface area (Å²) in [6.45, 7) is 3.18. The second kappa shape index (κ2) is 8.09. The number of halogens is 1. The van der Waals surface area contributed by atoms with Crippen molar-refractivity contribution < 1.29 is 14.3 Å². The molecule has 1 aromatic rings. The number of carbonyl (C=O) groups is 2. The van der Waals surface area contributed by atoms with Gasteiger partial charge >= 0.3 is 0 Å². The fraction of sp³-hybridized carbons (Fsp3) is 0.579. The van der Waals surface area contributed by atoms with Gasteiger partial charge in [0.2, 0.25) is 11.8 Å². The van der Waals surface area contributed by atoms with Crippen LogP contribution in [-0.2, 0) is 9.59 Å². The van der Waals surface area contributed by atoms with Crippen molar-refractivity contribution in [1.29, 1.82) is 0 Å². The maximum absolute atomic E-state index is 12.6. The summed E-state index contributed by atoms with van der Waals surface area (Å²) in [5.74, 6) is 1.31. The summed E-state index contributed by atoms with van der Waals surface area (Å²) in [5, 5.41) is 3.63. The molecule has 1 aliphatic heterocycles. The van der Waals surface area contributed by atoms with Crippen molar-refractivity contribution in [3.63, 3.8) is 0 Å². The first-order valence-corrected chi connectivity index (χ1v) is 9.43. The lowest BCUT2D eigenvalue weighted by atomic mass is 9.87. The van der Waals surface area contributed by atoms with Crippen LogP contribution in [0.15, 0.2) is 18.2 Å². The monoisotopic (exact) mass is 364 g/mol. The Labute approximate surface area is 153 Å². The summed E-state index contributed by atoms with van der Waals surface area (Å²) in [6.07, 6.45) is 4.82. The molecule has 0 atom stereocenters. The highest BCUT2D eigenvalue weighted by molar-refractivity contribution is 6.31. The van der Waals surface area contributed by atoms with Crippen LogP contribution in [0.3, 0.4) is 0 Å². The SMILES string of the molecule is CC1CCC(NC(=O)CCC(=O)N2CCOc3ccc(Cl)cc32)CC1. The quantitative estimate of drug-likeness (QED) is 0.888. The van der Waals surface area contributed by atoms with E-state index in [2.05, 4.69) is 12.2 Å². The Morgan fingerprint density at radius 1 is 1.24 bits per heavy atom. The van der Waals surface area contributed by atoms with Crippen molar-refractivity contribution in [2.45, 2.75) is 51.5 Å². The maximum Gasteiger partial charge on any atom is 0.227 e. The van der Waals surface area contributed by atoms with Gasteiger partial charge in [0.05, 0.1) is 12.2 Å². The molecule has 0 radical (unpaired) electrons. The lowest BCUT2D eigenvalue weighted by Crippen LogP contribution is -2.40. The Hall–Kier alpha value is -1.75. The Balaban J connectivity index is 1.51. The van der Waals surface area contributed by atoms with Gasteiger partial charge in [-0.3, -0.25) is 9.59 Å². The second-order valence-corrected chi connectivity index (χ2v) is 7.47. The van der Waals surface area contributed by atoms with Gasteiger partial charge in [-0.05, 0) is 49.8 Å². The number of anilines is 1. The molecular formula is C19H25ClN2O3. The van der Waals surface area contributed by atoms with Crippen LogP contribution in [0.5, 0.6) is 5.75 Å². The molecule has 2 amide bonds. The normalized spacial score (nSPS) is 22.7. The highest BCUT2D eigenvalue weighted by Gasteiger charge is 2.25. The summed E-state index contributed by atoms with van der Waals surface area (Å²) < 4.78 is 5.56. The predicted molar refractivity (Wildman–Crippen MR) is 98.1 cm³/mol. The number of amides is 2. The molecule has 0 unspecified atom stereocenters. The molecule has 0 aromatic heterocycles. The average Bonchev–Trinajstić information content (AvgIpc) is 2.61. The van der Waals surface area contributed by atoms with Crippen molar-refractivity contribution in [3.8, 4) is 5.75 Å². The zero-order valence-corrected chi connectivity index (χ0v) is 15.3. The molecule has 5 nitrogen and oxygen atoms in total. The van der Waals surface area contributed by atoms with Crippen molar-refractivity contribution in [2.75, 3.05) is 18.1 Å². The smallest absolute Gasteiger partial charge is 0.227 e. The van der Waals surface area contributed by atoms with Crippen LogP contribution in [0.2, 0.25) is 5.02 Å². The number of carbonyl (C=O) groups excluding carboxylic acids is 2. The minimum absolute atomic E-state index is 0.0347. The number of benzene rings is 1. The van der Waals surface area contributed by atoms with Crippen molar-refractivity contribution in [3.05, 3.63) is 23.2 Å². The Morgan fingerprint density at radius 3 is 2.76 bits per heavy atom. The third-order valence-corrected chi connectivity index (χ3v) is 5.27. The standard InChI is InChI=1S/C19H25ClN2O3/c1-13-2-5-15(6-3-13)21-18(23)8-9-19(24)22-10-11-25-17-7-4-14(20)12-16(17)22/h4,7,12-13,15H,2-3,5-6,8-11H2,1H3,(H,21,23). The lowest BCUT2D eigenvalue weighted by Gasteiger charge is -2.30. The fourth-order valence-corrected chi connectivity index (χ4v) is 3.68. The van der Waals surface area contributed by atoms with E-state index in [9.17, 15) is 9.59 Å². The predicted octanol–water partition coefficient (Wildman–Crippen LogP) is 3.54. The average molecular weight is 365 g/mol. The van der Waals surface area contributed by atoms with Gasteiger partial charge in [0.15, 0.2) is 0 Å². The number of hydrogen-bond acceptors (Lipinski definition) is 3. The summed E-state index contributed by atoms with van der Waals surface area (Å²) in [7, 11) is 0. The molecule has 0 saturated heterocycles. The van der Waals surface area contributed by atoms with E-state index in [1.807, 2.05) is 0 Å². The molecule has 2 aliphatic rings. The number of fused-ring (bicyclic) bond motifs is 1. The van der Waals surface area contributed by atoms with Gasteiger partial charge in [-0.25, -0.2) is 0 Å². The van der Waals surface area contributed by atoms with Crippen LogP contribution >= 0.6 is 11.6 Å². The molecule has 1 aromatic carbocycles. The largest absolute Gasteiger partial charge is 0.490 e. The van der Waals surface area contributed by atoms with E-state index >= 15 is 0 Å². The van der Waals surface area contributed by atoms with Crippen molar-refractivity contribution >= 4 is 29.1 Å². The second-order valence-electron chi connectivity index (χ2n) is 7.03. The molecule has 25 heavy (non-hydrogen) atoms. The molecule has 3 rings (SSSR count). The minimum atomic E-state index is -0.0702. The first-order chi connectivity index (χ1) is 12.0. The zero-order chi connectivity index (χ0) is 17.8. The van der Waals surface area contributed by atoms with Crippen LogP contribution < -0.4 is 15.0 Å². The molecule has 0 spiro atoms. The van der Waals surface area contributed by atoms with Crippen LogP contribution in [0.4, 0.5) is 5.69 Å². The number of rotatable bonds is 4. The first kappa shape index (κ1) is 18.1. The van der Waals surface area contributed by atoms with E-state index < -0.39 is 0 Å². The molecule has 1 aliphatic carbocycles. The van der Waals surface area contributed by atoms with Crippen LogP contribution in [0, 0.1) is 5.92 Å². The van der Waals surface area contributed by atoms with Gasteiger partial charge in [0.25, 0.3) is 0 Å². The number of nitrogens with zero attached hydrogens (tertiary/aromatic N) is 1. The summed E-state index contributed by atoms with van der Waals surface area (Å²) in [5.41, 5.74) is 0.686. The number of ether oxygens (including phenoxy) is 1. The van der Waals surface area contributed by atoms with Gasteiger partial charge in [-0.1, -0.05) is 18.5 Å². The van der Waals surface area contributed by atoms with Gasteiger partial charge in [0, 0.05) is 23.9 Å². The fourth-order valence-electron chi connectivity index (χ4n) is 3.51. The molecule has 0 bridgehead atoms. The van der Waals surface area contributed by atoms with Crippen molar-refractivity contribution in [1.82, 2.24) is 5.32 Å². The van der Waals surface area contributed by atoms with E-state index in [1.165, 1.54) is 0 Å². The van der Waals surface area contributed by atoms with E-state index in [4.69, 9.17) is 16.3 Å². The Kier molecular flexibility index (Phi) is 5.84. The molecule has 1 fully saturated rings. The third-order valence-electron chi connectivity index (χ3n) is 5.03. The van der Waals surface area contributed by atoms with Crippen LogP contribution in [0.25, 0.3) is 0 Å². The zero-order valence-electron chi connectivity index (χ0n) is 14.6. The molecule has 6 heteroatoms. The number of hydrogen-bond donors (Lipinski definition) is 1. The van der Waals surface area contributed by atoms with Crippen LogP contribution in [-0.4, -0.2) is 31.0 Å². The highest BCUT2D eigenvalue weighted by Crippen LogP contribution is 2.34. The summed E-state index contributed by atoms with van der Waals surface area (Å²) >= 11 is 6.04. The summed E-state index contributed by atoms with van der Waals surface area (Å²) in [4.78, 5) is 26.4. The maximum atomic E-state index is 12.6. The van der Waals surface area contributed by atoms with E-state index in [-0.39, 0.29) is 30.7 Å². The Bertz CT molecular complexity index is 642. The first-order valence-electron chi connectivity index (χ1n) is 9.05. The molecule has 1 saturated carbocycles. The van der Waals surface area contributed by atoms with Gasteiger partial charge in [-0.2, -0.15) is 0 Å². The molecule has 136 valence electrons. The highest BCUT2D eigenvalue weighted by atomic mass is 35.5. The molecule has 1 N–H and O–H groups in total. The lowest BCUT2D eigenvalue weighted by molar-refractivity contribution is -0.126. The minimum Gasteiger partial charge on any atom is -0.490 e. The third kappa shape index (κ3) is 4.66. The van der Waals surface area contributed by atoms with E-state index in [0.29, 0.717) is 29.6 Å². The Morgan fingerprint density at radius 2 is 2.00 bits per heavy atom. The van der Waals surface area contributed by atoms with Gasteiger partial charge in [0.1, 0.15) is 12.4 Å². The van der Waals surface area contributed by atoms with E-state index in [1.54, 1.807) is 23.1 Å². The van der Waals surface area contributed by atoms with Gasteiger partial charge in [-0.15, -0.1) is 0 Å². The molecule has 1 heterocycles. The van der Waals surface area contributed by atoms with Crippen LogP contribution in [0.1, 0.15) is 45.4 Å². The van der Waals surface area contributed by atoms with Gasteiger partial charge < -0.3 is 15.0 Å². The molecular weight excluding hydrogens is 340 g/mol. The number of nitrogens with one attached hydrogen (secondary N) is 1. The topological polar surface area (TPSA) is 58.6 Å². The summed E-state index contributed by atoms with van der Waals surface area (Å²) in [6, 6.07) is 5.51.